The number of nitrogens with one attached hydrogen (secondary N) is 1. The summed E-state index contributed by atoms with van der Waals surface area (Å²) in [5.41, 5.74) is 6.70. The summed E-state index contributed by atoms with van der Waals surface area (Å²) >= 11 is 0. The van der Waals surface area contributed by atoms with Gasteiger partial charge in [-0.15, -0.1) is 0 Å². The Labute approximate surface area is 106 Å². The summed E-state index contributed by atoms with van der Waals surface area (Å²) in [6.07, 6.45) is 0.927. The predicted molar refractivity (Wildman–Crippen MR) is 69.9 cm³/mol. The fraction of sp³-hybridized carbons (Fsp3) is 0.462. The van der Waals surface area contributed by atoms with E-state index in [9.17, 15) is 4.79 Å². The quantitative estimate of drug-likeness (QED) is 0.714. The Kier molecular flexibility index (Phi) is 3.17. The summed E-state index contributed by atoms with van der Waals surface area (Å²) in [6.45, 7) is 4.75. The number of rotatable bonds is 3. The Morgan fingerprint density at radius 3 is 2.89 bits per heavy atom. The van der Waals surface area contributed by atoms with Gasteiger partial charge in [0.25, 0.3) is 0 Å². The monoisotopic (exact) mass is 250 g/mol. The maximum absolute atomic E-state index is 11.0. The van der Waals surface area contributed by atoms with Crippen molar-refractivity contribution in [3.63, 3.8) is 0 Å². The van der Waals surface area contributed by atoms with Gasteiger partial charge in [-0.25, -0.2) is 4.79 Å². The number of ether oxygens (including phenoxy) is 1. The van der Waals surface area contributed by atoms with Crippen molar-refractivity contribution >= 4 is 17.3 Å². The summed E-state index contributed by atoms with van der Waals surface area (Å²) in [6, 6.07) is 4.98. The molecule has 1 saturated heterocycles. The van der Waals surface area contributed by atoms with E-state index in [1.807, 2.05) is 6.92 Å². The Morgan fingerprint density at radius 2 is 2.33 bits per heavy atom. The SMILES string of the molecule is CC1OCCC1(C)Nc1cccc(C(=O)O)c1N. The lowest BCUT2D eigenvalue weighted by Crippen LogP contribution is -2.41. The molecule has 2 unspecified atom stereocenters. The van der Waals surface area contributed by atoms with Gasteiger partial charge in [0, 0.05) is 6.61 Å². The van der Waals surface area contributed by atoms with E-state index < -0.39 is 5.97 Å². The van der Waals surface area contributed by atoms with Crippen LogP contribution in [0.15, 0.2) is 18.2 Å². The molecule has 5 heteroatoms. The van der Waals surface area contributed by atoms with Gasteiger partial charge in [0.05, 0.1) is 28.6 Å². The molecule has 1 aliphatic heterocycles. The van der Waals surface area contributed by atoms with Crippen molar-refractivity contribution in [2.45, 2.75) is 31.9 Å². The average molecular weight is 250 g/mol. The standard InChI is InChI=1S/C13H18N2O3/c1-8-13(2,6-7-18-8)15-10-5-3-4-9(11(10)14)12(16)17/h3-5,8,15H,6-7,14H2,1-2H3,(H,16,17). The number of hydrogen-bond donors (Lipinski definition) is 3. The number of nitrogen functional groups attached to an aromatic ring is 1. The number of para-hydroxylation sites is 1. The van der Waals surface area contributed by atoms with Crippen LogP contribution in [-0.4, -0.2) is 29.3 Å². The first-order valence-corrected chi connectivity index (χ1v) is 5.95. The lowest BCUT2D eigenvalue weighted by atomic mass is 9.94. The van der Waals surface area contributed by atoms with Crippen LogP contribution in [0.4, 0.5) is 11.4 Å². The molecule has 0 aromatic heterocycles. The Bertz CT molecular complexity index is 475. The molecule has 2 rings (SSSR count). The van der Waals surface area contributed by atoms with E-state index in [1.165, 1.54) is 6.07 Å². The number of aromatic carboxylic acids is 1. The zero-order valence-corrected chi connectivity index (χ0v) is 10.6. The van der Waals surface area contributed by atoms with E-state index in [2.05, 4.69) is 12.2 Å². The highest BCUT2D eigenvalue weighted by Gasteiger charge is 2.37. The van der Waals surface area contributed by atoms with Crippen molar-refractivity contribution in [1.29, 1.82) is 0 Å². The summed E-state index contributed by atoms with van der Waals surface area (Å²) in [7, 11) is 0. The maximum atomic E-state index is 11.0. The van der Waals surface area contributed by atoms with E-state index in [0.717, 1.165) is 6.42 Å². The molecule has 1 aromatic rings. The predicted octanol–water partition coefficient (Wildman–Crippen LogP) is 1.95. The lowest BCUT2D eigenvalue weighted by molar-refractivity contribution is 0.0698. The van der Waals surface area contributed by atoms with Gasteiger partial charge in [-0.05, 0) is 32.4 Å². The second-order valence-electron chi connectivity index (χ2n) is 4.88. The molecule has 0 saturated carbocycles. The van der Waals surface area contributed by atoms with Gasteiger partial charge in [-0.2, -0.15) is 0 Å². The molecule has 1 aromatic carbocycles. The largest absolute Gasteiger partial charge is 0.478 e. The lowest BCUT2D eigenvalue weighted by Gasteiger charge is -2.31. The second kappa shape index (κ2) is 4.49. The van der Waals surface area contributed by atoms with Crippen molar-refractivity contribution in [3.8, 4) is 0 Å². The van der Waals surface area contributed by atoms with Gasteiger partial charge in [0.2, 0.25) is 0 Å². The zero-order valence-electron chi connectivity index (χ0n) is 10.6. The van der Waals surface area contributed by atoms with Crippen LogP contribution < -0.4 is 11.1 Å². The highest BCUT2D eigenvalue weighted by Crippen LogP contribution is 2.32. The van der Waals surface area contributed by atoms with Crippen LogP contribution in [0.25, 0.3) is 0 Å². The number of carbonyl (C=O) groups is 1. The zero-order chi connectivity index (χ0) is 13.3. The first-order valence-electron chi connectivity index (χ1n) is 5.95. The van der Waals surface area contributed by atoms with Crippen molar-refractivity contribution in [1.82, 2.24) is 0 Å². The molecule has 4 N–H and O–H groups in total. The van der Waals surface area contributed by atoms with Gasteiger partial charge in [0.15, 0.2) is 0 Å². The maximum Gasteiger partial charge on any atom is 0.337 e. The van der Waals surface area contributed by atoms with Gasteiger partial charge < -0.3 is 20.9 Å². The molecular formula is C13H18N2O3. The van der Waals surface area contributed by atoms with E-state index in [0.29, 0.717) is 12.3 Å². The summed E-state index contributed by atoms with van der Waals surface area (Å²) in [5.74, 6) is -1.02. The highest BCUT2D eigenvalue weighted by atomic mass is 16.5. The average Bonchev–Trinajstić information content (AvgIpc) is 2.62. The first kappa shape index (κ1) is 12.7. The van der Waals surface area contributed by atoms with Crippen LogP contribution in [0, 0.1) is 0 Å². The third-order valence-corrected chi connectivity index (χ3v) is 3.64. The van der Waals surface area contributed by atoms with Crippen molar-refractivity contribution in [2.75, 3.05) is 17.7 Å². The van der Waals surface area contributed by atoms with Gasteiger partial charge in [-0.1, -0.05) is 6.07 Å². The Balaban J connectivity index is 2.30. The van der Waals surface area contributed by atoms with E-state index in [1.54, 1.807) is 12.1 Å². The molecule has 0 radical (unpaired) electrons. The molecule has 0 amide bonds. The van der Waals surface area contributed by atoms with E-state index in [4.69, 9.17) is 15.6 Å². The first-order chi connectivity index (χ1) is 8.44. The minimum absolute atomic E-state index is 0.0605. The normalized spacial score (nSPS) is 27.1. The molecule has 5 nitrogen and oxygen atoms in total. The molecule has 18 heavy (non-hydrogen) atoms. The fourth-order valence-corrected chi connectivity index (χ4v) is 2.17. The topological polar surface area (TPSA) is 84.6 Å². The number of carboxylic acids is 1. The van der Waals surface area contributed by atoms with Crippen LogP contribution in [0.2, 0.25) is 0 Å². The van der Waals surface area contributed by atoms with Crippen LogP contribution in [0.5, 0.6) is 0 Å². The number of nitrogens with two attached hydrogens (primary N) is 1. The van der Waals surface area contributed by atoms with Crippen LogP contribution in [-0.2, 0) is 4.74 Å². The fourth-order valence-electron chi connectivity index (χ4n) is 2.17. The van der Waals surface area contributed by atoms with Crippen LogP contribution in [0.1, 0.15) is 30.6 Å². The van der Waals surface area contributed by atoms with Gasteiger partial charge in [-0.3, -0.25) is 0 Å². The third kappa shape index (κ3) is 2.13. The van der Waals surface area contributed by atoms with Gasteiger partial charge >= 0.3 is 5.97 Å². The van der Waals surface area contributed by atoms with Crippen LogP contribution in [0.3, 0.4) is 0 Å². The third-order valence-electron chi connectivity index (χ3n) is 3.64. The molecule has 1 aliphatic rings. The molecule has 0 spiro atoms. The second-order valence-corrected chi connectivity index (χ2v) is 4.88. The number of carboxylic acid groups (broad SMARTS) is 1. The molecule has 2 atom stereocenters. The van der Waals surface area contributed by atoms with Crippen molar-refractivity contribution in [2.24, 2.45) is 0 Å². The Hall–Kier alpha value is -1.75. The van der Waals surface area contributed by atoms with Crippen molar-refractivity contribution in [3.05, 3.63) is 23.8 Å². The number of hydrogen-bond acceptors (Lipinski definition) is 4. The Morgan fingerprint density at radius 1 is 1.61 bits per heavy atom. The minimum atomic E-state index is -1.02. The van der Waals surface area contributed by atoms with E-state index in [-0.39, 0.29) is 22.9 Å². The molecule has 0 aliphatic carbocycles. The summed E-state index contributed by atoms with van der Waals surface area (Å²) < 4.78 is 5.54. The minimum Gasteiger partial charge on any atom is -0.478 e. The van der Waals surface area contributed by atoms with E-state index >= 15 is 0 Å². The molecule has 1 fully saturated rings. The summed E-state index contributed by atoms with van der Waals surface area (Å²) in [4.78, 5) is 11.0. The number of benzene rings is 1. The van der Waals surface area contributed by atoms with Crippen molar-refractivity contribution < 1.29 is 14.6 Å². The molecule has 0 bridgehead atoms. The molecule has 98 valence electrons. The van der Waals surface area contributed by atoms with Gasteiger partial charge in [0.1, 0.15) is 0 Å². The highest BCUT2D eigenvalue weighted by molar-refractivity contribution is 5.97. The summed E-state index contributed by atoms with van der Waals surface area (Å²) in [5, 5.41) is 12.4. The molecular weight excluding hydrogens is 232 g/mol. The van der Waals surface area contributed by atoms with Crippen LogP contribution >= 0.6 is 0 Å². The number of anilines is 2. The smallest absolute Gasteiger partial charge is 0.337 e. The molecule has 1 heterocycles.